The number of hydrogen-bond donors (Lipinski definition) is 2. The molecule has 1 aromatic rings. The molecule has 1 aliphatic rings. The Morgan fingerprint density at radius 3 is 2.94 bits per heavy atom. The molecule has 0 aliphatic heterocycles. The number of aryl methyl sites for hydroxylation is 1. The molecule has 1 aromatic heterocycles. The number of oxazole rings is 1. The minimum Gasteiger partial charge on any atom is -0.446 e. The zero-order valence-corrected chi connectivity index (χ0v) is 10.3. The molecule has 0 aromatic carbocycles. The summed E-state index contributed by atoms with van der Waals surface area (Å²) in [5, 5.41) is 5.63. The molecule has 1 atom stereocenters. The number of amides is 2. The van der Waals surface area contributed by atoms with Crippen molar-refractivity contribution in [2.45, 2.75) is 33.2 Å². The molecule has 17 heavy (non-hydrogen) atoms. The highest BCUT2D eigenvalue weighted by molar-refractivity contribution is 5.73. The smallest absolute Gasteiger partial charge is 0.315 e. The molecule has 1 fully saturated rings. The third kappa shape index (κ3) is 3.47. The number of nitrogens with one attached hydrogen (secondary N) is 2. The van der Waals surface area contributed by atoms with Gasteiger partial charge in [-0.3, -0.25) is 0 Å². The molecule has 5 nitrogen and oxygen atoms in total. The summed E-state index contributed by atoms with van der Waals surface area (Å²) >= 11 is 0. The molecule has 0 radical (unpaired) electrons. The van der Waals surface area contributed by atoms with E-state index < -0.39 is 0 Å². The number of rotatable bonds is 5. The van der Waals surface area contributed by atoms with Gasteiger partial charge in [0.1, 0.15) is 5.76 Å². The van der Waals surface area contributed by atoms with Crippen LogP contribution in [0.5, 0.6) is 0 Å². The van der Waals surface area contributed by atoms with Crippen molar-refractivity contribution < 1.29 is 9.21 Å². The molecule has 0 spiro atoms. The van der Waals surface area contributed by atoms with E-state index in [1.807, 2.05) is 6.92 Å². The lowest BCUT2D eigenvalue weighted by Gasteiger charge is -2.11. The Morgan fingerprint density at radius 1 is 1.59 bits per heavy atom. The largest absolute Gasteiger partial charge is 0.446 e. The summed E-state index contributed by atoms with van der Waals surface area (Å²) in [6.45, 7) is 5.16. The Hall–Kier alpha value is -1.52. The van der Waals surface area contributed by atoms with Crippen LogP contribution in [0.3, 0.4) is 0 Å². The monoisotopic (exact) mass is 237 g/mol. The lowest BCUT2D eigenvalue weighted by atomic mass is 10.1. The zero-order valence-electron chi connectivity index (χ0n) is 10.3. The van der Waals surface area contributed by atoms with Crippen molar-refractivity contribution in [2.24, 2.45) is 11.8 Å². The number of nitrogens with zero attached hydrogens (tertiary/aromatic N) is 1. The van der Waals surface area contributed by atoms with Gasteiger partial charge in [-0.2, -0.15) is 0 Å². The molecule has 2 amide bonds. The molecular weight excluding hydrogens is 218 g/mol. The maximum Gasteiger partial charge on any atom is 0.315 e. The van der Waals surface area contributed by atoms with Crippen molar-refractivity contribution in [3.8, 4) is 0 Å². The summed E-state index contributed by atoms with van der Waals surface area (Å²) in [7, 11) is 0. The summed E-state index contributed by atoms with van der Waals surface area (Å²) < 4.78 is 5.13. The number of hydrogen-bond acceptors (Lipinski definition) is 3. The lowest BCUT2D eigenvalue weighted by molar-refractivity contribution is 0.237. The summed E-state index contributed by atoms with van der Waals surface area (Å²) in [6, 6.07) is -0.145. The highest BCUT2D eigenvalue weighted by Gasteiger charge is 2.27. The number of aromatic nitrogens is 1. The second-order valence-corrected chi connectivity index (χ2v) is 4.74. The van der Waals surface area contributed by atoms with Gasteiger partial charge in [0.15, 0.2) is 6.39 Å². The first-order valence-corrected chi connectivity index (χ1v) is 6.07. The third-order valence-corrected chi connectivity index (χ3v) is 3.27. The maximum atomic E-state index is 11.5. The van der Waals surface area contributed by atoms with Crippen LogP contribution in [0, 0.1) is 18.8 Å². The zero-order chi connectivity index (χ0) is 12.3. The quantitative estimate of drug-likeness (QED) is 0.821. The van der Waals surface area contributed by atoms with Crippen LogP contribution in [-0.4, -0.2) is 17.6 Å². The fraction of sp³-hybridized carbons (Fsp3) is 0.667. The molecule has 94 valence electrons. The van der Waals surface area contributed by atoms with E-state index in [2.05, 4.69) is 22.5 Å². The van der Waals surface area contributed by atoms with E-state index in [9.17, 15) is 4.79 Å². The van der Waals surface area contributed by atoms with Crippen LogP contribution in [0.2, 0.25) is 0 Å². The summed E-state index contributed by atoms with van der Waals surface area (Å²) in [5.41, 5.74) is 0.816. The summed E-state index contributed by atoms with van der Waals surface area (Å²) in [6.07, 6.45) is 4.00. The second-order valence-electron chi connectivity index (χ2n) is 4.74. The van der Waals surface area contributed by atoms with Gasteiger partial charge in [0.25, 0.3) is 0 Å². The number of urea groups is 1. The van der Waals surface area contributed by atoms with Gasteiger partial charge < -0.3 is 15.1 Å². The highest BCUT2D eigenvalue weighted by Crippen LogP contribution is 2.35. The van der Waals surface area contributed by atoms with E-state index >= 15 is 0 Å². The van der Waals surface area contributed by atoms with Crippen molar-refractivity contribution in [3.63, 3.8) is 0 Å². The van der Waals surface area contributed by atoms with Crippen LogP contribution < -0.4 is 10.6 Å². The van der Waals surface area contributed by atoms with Gasteiger partial charge in [0.2, 0.25) is 0 Å². The van der Waals surface area contributed by atoms with Gasteiger partial charge >= 0.3 is 6.03 Å². The number of carbonyl (C=O) groups is 1. The van der Waals surface area contributed by atoms with E-state index in [1.54, 1.807) is 0 Å². The molecule has 5 heteroatoms. The molecule has 0 bridgehead atoms. The van der Waals surface area contributed by atoms with Crippen molar-refractivity contribution in [1.29, 1.82) is 0 Å². The first-order chi connectivity index (χ1) is 8.16. The SMILES string of the molecule is Cc1ncoc1CNC(=O)NC[C@H](C)C1CC1. The van der Waals surface area contributed by atoms with Gasteiger partial charge in [0, 0.05) is 6.54 Å². The summed E-state index contributed by atoms with van der Waals surface area (Å²) in [4.78, 5) is 15.5. The summed E-state index contributed by atoms with van der Waals surface area (Å²) in [5.74, 6) is 2.09. The average Bonchev–Trinajstić information content (AvgIpc) is 3.08. The Morgan fingerprint density at radius 2 is 2.35 bits per heavy atom. The molecule has 1 saturated carbocycles. The molecular formula is C12H19N3O2. The van der Waals surface area contributed by atoms with Crippen LogP contribution in [0.15, 0.2) is 10.8 Å². The van der Waals surface area contributed by atoms with E-state index in [4.69, 9.17) is 4.42 Å². The predicted octanol–water partition coefficient (Wildman–Crippen LogP) is 1.83. The van der Waals surface area contributed by atoms with Crippen molar-refractivity contribution >= 4 is 6.03 Å². The van der Waals surface area contributed by atoms with Gasteiger partial charge in [-0.15, -0.1) is 0 Å². The van der Waals surface area contributed by atoms with Crippen LogP contribution in [0.25, 0.3) is 0 Å². The van der Waals surface area contributed by atoms with E-state index in [1.165, 1.54) is 19.2 Å². The minimum absolute atomic E-state index is 0.145. The average molecular weight is 237 g/mol. The third-order valence-electron chi connectivity index (χ3n) is 3.27. The second kappa shape index (κ2) is 5.21. The molecule has 1 heterocycles. The van der Waals surface area contributed by atoms with Crippen LogP contribution >= 0.6 is 0 Å². The molecule has 2 N–H and O–H groups in total. The first-order valence-electron chi connectivity index (χ1n) is 6.07. The molecule has 0 saturated heterocycles. The van der Waals surface area contributed by atoms with E-state index in [-0.39, 0.29) is 6.03 Å². The fourth-order valence-corrected chi connectivity index (χ4v) is 1.80. The van der Waals surface area contributed by atoms with E-state index in [0.717, 1.165) is 18.2 Å². The van der Waals surface area contributed by atoms with Crippen LogP contribution in [-0.2, 0) is 6.54 Å². The Kier molecular flexibility index (Phi) is 3.66. The van der Waals surface area contributed by atoms with Crippen molar-refractivity contribution in [3.05, 3.63) is 17.8 Å². The van der Waals surface area contributed by atoms with Crippen LogP contribution in [0.4, 0.5) is 4.79 Å². The van der Waals surface area contributed by atoms with Gasteiger partial charge in [-0.25, -0.2) is 9.78 Å². The topological polar surface area (TPSA) is 67.2 Å². The Bertz CT molecular complexity index is 385. The van der Waals surface area contributed by atoms with Crippen molar-refractivity contribution in [1.82, 2.24) is 15.6 Å². The normalized spacial score (nSPS) is 16.6. The predicted molar refractivity (Wildman–Crippen MR) is 63.4 cm³/mol. The standard InChI is InChI=1S/C12H19N3O2/c1-8(10-3-4-10)5-13-12(16)14-6-11-9(2)15-7-17-11/h7-8,10H,3-6H2,1-2H3,(H2,13,14,16)/t8-/m0/s1. The molecule has 0 unspecified atom stereocenters. The first kappa shape index (κ1) is 12.0. The van der Waals surface area contributed by atoms with Crippen LogP contribution in [0.1, 0.15) is 31.2 Å². The van der Waals surface area contributed by atoms with Gasteiger partial charge in [-0.1, -0.05) is 6.92 Å². The van der Waals surface area contributed by atoms with Gasteiger partial charge in [0.05, 0.1) is 12.2 Å². The lowest BCUT2D eigenvalue weighted by Crippen LogP contribution is -2.37. The minimum atomic E-state index is -0.145. The van der Waals surface area contributed by atoms with Gasteiger partial charge in [-0.05, 0) is 31.6 Å². The molecule has 1 aliphatic carbocycles. The Balaban J connectivity index is 1.65. The van der Waals surface area contributed by atoms with E-state index in [0.29, 0.717) is 18.2 Å². The van der Waals surface area contributed by atoms with Crippen molar-refractivity contribution in [2.75, 3.05) is 6.54 Å². The Labute approximate surface area is 101 Å². The highest BCUT2D eigenvalue weighted by atomic mass is 16.3. The fourth-order valence-electron chi connectivity index (χ4n) is 1.80. The molecule has 2 rings (SSSR count). The maximum absolute atomic E-state index is 11.5. The number of carbonyl (C=O) groups excluding carboxylic acids is 1.